The molecule has 1 N–H and O–H groups in total. The Kier molecular flexibility index (Phi) is 5.31. The molecule has 0 spiro atoms. The van der Waals surface area contributed by atoms with E-state index in [9.17, 15) is 4.79 Å². The van der Waals surface area contributed by atoms with E-state index in [0.29, 0.717) is 18.7 Å². The summed E-state index contributed by atoms with van der Waals surface area (Å²) in [5.74, 6) is 1.32. The van der Waals surface area contributed by atoms with Gasteiger partial charge in [0.15, 0.2) is 0 Å². The molecule has 0 aliphatic rings. The van der Waals surface area contributed by atoms with Gasteiger partial charge in [-0.2, -0.15) is 5.10 Å². The summed E-state index contributed by atoms with van der Waals surface area (Å²) >= 11 is 0. The molecule has 0 unspecified atom stereocenters. The summed E-state index contributed by atoms with van der Waals surface area (Å²) in [7, 11) is 1.62. The molecule has 6 nitrogen and oxygen atoms in total. The molecule has 6 heteroatoms. The Hall–Kier alpha value is -3.28. The minimum Gasteiger partial charge on any atom is -0.497 e. The van der Waals surface area contributed by atoms with E-state index in [1.165, 1.54) is 0 Å². The Labute approximate surface area is 146 Å². The van der Waals surface area contributed by atoms with Gasteiger partial charge in [0, 0.05) is 6.20 Å². The smallest absolute Gasteiger partial charge is 0.254 e. The predicted octanol–water partition coefficient (Wildman–Crippen LogP) is 2.69. The maximum atomic E-state index is 12.1. The van der Waals surface area contributed by atoms with E-state index in [4.69, 9.17) is 9.47 Å². The first-order valence-corrected chi connectivity index (χ1v) is 7.91. The van der Waals surface area contributed by atoms with Crippen molar-refractivity contribution in [3.8, 4) is 17.2 Å². The van der Waals surface area contributed by atoms with Gasteiger partial charge >= 0.3 is 0 Å². The summed E-state index contributed by atoms with van der Waals surface area (Å²) < 4.78 is 12.3. The van der Waals surface area contributed by atoms with E-state index in [1.54, 1.807) is 24.2 Å². The summed E-state index contributed by atoms with van der Waals surface area (Å²) in [6.45, 7) is 0.784. The number of nitrogens with zero attached hydrogens (tertiary/aromatic N) is 2. The summed E-state index contributed by atoms with van der Waals surface area (Å²) in [6.07, 6.45) is 3.25. The van der Waals surface area contributed by atoms with Crippen molar-refractivity contribution in [1.82, 2.24) is 15.1 Å². The van der Waals surface area contributed by atoms with Crippen LogP contribution in [0.15, 0.2) is 67.0 Å². The summed E-state index contributed by atoms with van der Waals surface area (Å²) in [6, 6.07) is 16.9. The average Bonchev–Trinajstić information content (AvgIpc) is 3.16. The van der Waals surface area contributed by atoms with E-state index in [0.717, 1.165) is 17.2 Å². The van der Waals surface area contributed by atoms with E-state index in [2.05, 4.69) is 10.4 Å². The second kappa shape index (κ2) is 8.01. The van der Waals surface area contributed by atoms with Crippen LogP contribution in [0.25, 0.3) is 5.69 Å². The van der Waals surface area contributed by atoms with Crippen LogP contribution in [0.2, 0.25) is 0 Å². The molecule has 0 bridgehead atoms. The molecule has 1 aromatic heterocycles. The van der Waals surface area contributed by atoms with Gasteiger partial charge in [0.1, 0.15) is 18.1 Å². The van der Waals surface area contributed by atoms with Gasteiger partial charge in [-0.1, -0.05) is 18.2 Å². The number of carbonyl (C=O) groups excluding carboxylic acids is 1. The molecule has 1 amide bonds. The number of amides is 1. The Morgan fingerprint density at radius 3 is 2.52 bits per heavy atom. The Balaban J connectivity index is 1.47. The zero-order valence-corrected chi connectivity index (χ0v) is 13.9. The van der Waals surface area contributed by atoms with E-state index in [-0.39, 0.29) is 5.91 Å². The summed E-state index contributed by atoms with van der Waals surface area (Å²) in [5.41, 5.74) is 1.41. The molecule has 3 rings (SSSR count). The number of ether oxygens (including phenoxy) is 2. The molecule has 0 atom stereocenters. The molecule has 0 radical (unpaired) electrons. The highest BCUT2D eigenvalue weighted by Crippen LogP contribution is 2.16. The third-order valence-electron chi connectivity index (χ3n) is 3.58. The monoisotopic (exact) mass is 337 g/mol. The molecule has 2 aromatic carbocycles. The van der Waals surface area contributed by atoms with Gasteiger partial charge in [-0.3, -0.25) is 4.79 Å². The number of hydrogen-bond donors (Lipinski definition) is 1. The highest BCUT2D eigenvalue weighted by atomic mass is 16.5. The fourth-order valence-electron chi connectivity index (χ4n) is 2.27. The standard InChI is InChI=1S/C19H19N3O3/c1-24-17-7-9-18(10-8-17)25-12-11-20-19(23)15-13-21-22(14-15)16-5-3-2-4-6-16/h2-10,13-14H,11-12H2,1H3,(H,20,23). The maximum absolute atomic E-state index is 12.1. The van der Waals surface area contributed by atoms with Crippen LogP contribution in [0.5, 0.6) is 11.5 Å². The summed E-state index contributed by atoms with van der Waals surface area (Å²) in [4.78, 5) is 12.1. The molecular formula is C19H19N3O3. The molecule has 0 aliphatic heterocycles. The van der Waals surface area contributed by atoms with Gasteiger partial charge in [-0.15, -0.1) is 0 Å². The van der Waals surface area contributed by atoms with Crippen LogP contribution >= 0.6 is 0 Å². The maximum Gasteiger partial charge on any atom is 0.254 e. The normalized spacial score (nSPS) is 10.3. The predicted molar refractivity (Wildman–Crippen MR) is 94.4 cm³/mol. The second-order valence-electron chi connectivity index (χ2n) is 5.29. The largest absolute Gasteiger partial charge is 0.497 e. The van der Waals surface area contributed by atoms with E-state index < -0.39 is 0 Å². The lowest BCUT2D eigenvalue weighted by Gasteiger charge is -2.07. The Bertz CT molecular complexity index is 813. The van der Waals surface area contributed by atoms with Gasteiger partial charge in [0.2, 0.25) is 0 Å². The third-order valence-corrected chi connectivity index (χ3v) is 3.58. The van der Waals surface area contributed by atoms with Crippen molar-refractivity contribution < 1.29 is 14.3 Å². The number of aromatic nitrogens is 2. The number of nitrogens with one attached hydrogen (secondary N) is 1. The van der Waals surface area contributed by atoms with Gasteiger partial charge in [-0.05, 0) is 36.4 Å². The van der Waals surface area contributed by atoms with Crippen LogP contribution in [-0.4, -0.2) is 35.9 Å². The molecule has 1 heterocycles. The van der Waals surface area contributed by atoms with Crippen molar-refractivity contribution in [3.05, 3.63) is 72.6 Å². The van der Waals surface area contributed by atoms with Crippen LogP contribution < -0.4 is 14.8 Å². The lowest BCUT2D eigenvalue weighted by molar-refractivity contribution is 0.0947. The van der Waals surface area contributed by atoms with Crippen LogP contribution in [0.3, 0.4) is 0 Å². The average molecular weight is 337 g/mol. The lowest BCUT2D eigenvalue weighted by Crippen LogP contribution is -2.27. The number of methoxy groups -OCH3 is 1. The minimum atomic E-state index is -0.180. The first kappa shape index (κ1) is 16.6. The van der Waals surface area contributed by atoms with Crippen LogP contribution in [-0.2, 0) is 0 Å². The van der Waals surface area contributed by atoms with Crippen LogP contribution in [0.4, 0.5) is 0 Å². The summed E-state index contributed by atoms with van der Waals surface area (Å²) in [5, 5.41) is 7.03. The number of carbonyl (C=O) groups is 1. The zero-order valence-electron chi connectivity index (χ0n) is 13.9. The van der Waals surface area contributed by atoms with Crippen molar-refractivity contribution in [1.29, 1.82) is 0 Å². The highest BCUT2D eigenvalue weighted by molar-refractivity contribution is 5.93. The van der Waals surface area contributed by atoms with E-state index >= 15 is 0 Å². The first-order valence-electron chi connectivity index (χ1n) is 7.91. The van der Waals surface area contributed by atoms with Crippen molar-refractivity contribution in [2.24, 2.45) is 0 Å². The molecule has 3 aromatic rings. The minimum absolute atomic E-state index is 0.180. The van der Waals surface area contributed by atoms with Gasteiger partial charge in [-0.25, -0.2) is 4.68 Å². The zero-order chi connectivity index (χ0) is 17.5. The third kappa shape index (κ3) is 4.38. The lowest BCUT2D eigenvalue weighted by atomic mass is 10.3. The van der Waals surface area contributed by atoms with E-state index in [1.807, 2.05) is 54.6 Å². The highest BCUT2D eigenvalue weighted by Gasteiger charge is 2.08. The first-order chi connectivity index (χ1) is 12.3. The SMILES string of the molecule is COc1ccc(OCCNC(=O)c2cnn(-c3ccccc3)c2)cc1. The van der Waals surface area contributed by atoms with Gasteiger partial charge < -0.3 is 14.8 Å². The molecule has 0 saturated heterocycles. The molecule has 0 fully saturated rings. The topological polar surface area (TPSA) is 65.4 Å². The number of rotatable bonds is 7. The van der Waals surface area contributed by atoms with Crippen LogP contribution in [0.1, 0.15) is 10.4 Å². The molecule has 25 heavy (non-hydrogen) atoms. The van der Waals surface area contributed by atoms with Gasteiger partial charge in [0.25, 0.3) is 5.91 Å². The van der Waals surface area contributed by atoms with Gasteiger partial charge in [0.05, 0.1) is 31.1 Å². The van der Waals surface area contributed by atoms with Crippen molar-refractivity contribution >= 4 is 5.91 Å². The molecular weight excluding hydrogens is 318 g/mol. The fraction of sp³-hybridized carbons (Fsp3) is 0.158. The molecule has 0 saturated carbocycles. The van der Waals surface area contributed by atoms with Crippen LogP contribution in [0, 0.1) is 0 Å². The molecule has 0 aliphatic carbocycles. The Morgan fingerprint density at radius 1 is 1.08 bits per heavy atom. The second-order valence-corrected chi connectivity index (χ2v) is 5.29. The van der Waals surface area contributed by atoms with Crippen molar-refractivity contribution in [3.63, 3.8) is 0 Å². The van der Waals surface area contributed by atoms with Crippen molar-refractivity contribution in [2.45, 2.75) is 0 Å². The fourth-order valence-corrected chi connectivity index (χ4v) is 2.27. The quantitative estimate of drug-likeness (QED) is 0.673. The Morgan fingerprint density at radius 2 is 1.80 bits per heavy atom. The van der Waals surface area contributed by atoms with Crippen molar-refractivity contribution in [2.75, 3.05) is 20.3 Å². The molecule has 128 valence electrons. The number of benzene rings is 2. The number of para-hydroxylation sites is 1. The number of hydrogen-bond acceptors (Lipinski definition) is 4.